The van der Waals surface area contributed by atoms with Crippen LogP contribution < -0.4 is 0 Å². The average molecular weight is 398 g/mol. The first kappa shape index (κ1) is 15.8. The van der Waals surface area contributed by atoms with E-state index in [9.17, 15) is 8.78 Å². The van der Waals surface area contributed by atoms with E-state index in [4.69, 9.17) is 0 Å². The van der Waals surface area contributed by atoms with Crippen molar-refractivity contribution in [2.45, 2.75) is 0 Å². The van der Waals surface area contributed by atoms with E-state index in [1.165, 1.54) is 12.1 Å². The Morgan fingerprint density at radius 3 is 2.52 bits per heavy atom. The summed E-state index contributed by atoms with van der Waals surface area (Å²) in [5.74, 6) is -0.663. The molecule has 0 atom stereocenters. The smallest absolute Gasteiger partial charge is 0.162 e. The molecule has 0 aliphatic heterocycles. The van der Waals surface area contributed by atoms with Gasteiger partial charge < -0.3 is 0 Å². The maximum absolute atomic E-state index is 14.0. The second-order valence-electron chi connectivity index (χ2n) is 5.44. The summed E-state index contributed by atoms with van der Waals surface area (Å²) in [6.07, 6.45) is 3.37. The van der Waals surface area contributed by atoms with E-state index in [2.05, 4.69) is 30.9 Å². The highest BCUT2D eigenvalue weighted by atomic mass is 79.9. The topological polar surface area (TPSA) is 38.7 Å². The fourth-order valence-corrected chi connectivity index (χ4v) is 3.09. The third-order valence-corrected chi connectivity index (χ3v) is 4.42. The Morgan fingerprint density at radius 2 is 1.76 bits per heavy atom. The molecule has 2 aromatic heterocycles. The van der Waals surface area contributed by atoms with E-state index in [0.29, 0.717) is 27.1 Å². The monoisotopic (exact) mass is 397 g/mol. The number of rotatable bonds is 2. The van der Waals surface area contributed by atoms with E-state index >= 15 is 0 Å². The number of benzene rings is 2. The number of hydrogen-bond acceptors (Lipinski definition) is 3. The zero-order chi connectivity index (χ0) is 17.4. The summed E-state index contributed by atoms with van der Waals surface area (Å²) in [5, 5.41) is 0.744. The Hall–Kier alpha value is -2.73. The van der Waals surface area contributed by atoms with Crippen LogP contribution >= 0.6 is 15.9 Å². The van der Waals surface area contributed by atoms with Crippen LogP contribution in [0.4, 0.5) is 8.78 Å². The molecule has 0 N–H and O–H groups in total. The van der Waals surface area contributed by atoms with Crippen molar-refractivity contribution in [1.29, 1.82) is 0 Å². The van der Waals surface area contributed by atoms with Gasteiger partial charge in [-0.15, -0.1) is 0 Å². The first-order valence-electron chi connectivity index (χ1n) is 7.45. The number of aromatic nitrogens is 3. The molecule has 0 radical (unpaired) electrons. The van der Waals surface area contributed by atoms with Crippen LogP contribution in [0.15, 0.2) is 65.5 Å². The van der Waals surface area contributed by atoms with Crippen molar-refractivity contribution in [2.24, 2.45) is 0 Å². The molecule has 2 heterocycles. The molecule has 0 fully saturated rings. The Bertz CT molecular complexity index is 1080. The van der Waals surface area contributed by atoms with Gasteiger partial charge in [-0.2, -0.15) is 0 Å². The van der Waals surface area contributed by atoms with Crippen molar-refractivity contribution >= 4 is 26.8 Å². The van der Waals surface area contributed by atoms with Gasteiger partial charge in [0.15, 0.2) is 5.82 Å². The Morgan fingerprint density at radius 1 is 0.880 bits per heavy atom. The fraction of sp³-hybridized carbons (Fsp3) is 0. The molecule has 122 valence electrons. The molecule has 6 heteroatoms. The van der Waals surface area contributed by atoms with E-state index in [0.717, 1.165) is 17.0 Å². The van der Waals surface area contributed by atoms with Gasteiger partial charge in [0.05, 0.1) is 5.52 Å². The van der Waals surface area contributed by atoms with Crippen molar-refractivity contribution in [2.75, 3.05) is 0 Å². The van der Waals surface area contributed by atoms with Crippen LogP contribution in [-0.2, 0) is 0 Å². The SMILES string of the molecule is Fc1ccc(-c2ccc3nc(-c4cccnc4)nc(Br)c3c2)c(F)c1. The molecule has 0 aliphatic carbocycles. The molecule has 0 aliphatic rings. The number of pyridine rings is 1. The predicted molar refractivity (Wildman–Crippen MR) is 95.8 cm³/mol. The molecule has 4 aromatic rings. The molecule has 0 saturated heterocycles. The molecule has 2 aromatic carbocycles. The number of hydrogen-bond donors (Lipinski definition) is 0. The van der Waals surface area contributed by atoms with Gasteiger partial charge >= 0.3 is 0 Å². The summed E-state index contributed by atoms with van der Waals surface area (Å²) in [4.78, 5) is 13.1. The summed E-state index contributed by atoms with van der Waals surface area (Å²) in [6, 6.07) is 12.6. The predicted octanol–water partition coefficient (Wildman–Crippen LogP) is 5.40. The van der Waals surface area contributed by atoms with Crippen molar-refractivity contribution < 1.29 is 8.78 Å². The zero-order valence-corrected chi connectivity index (χ0v) is 14.3. The lowest BCUT2D eigenvalue weighted by Crippen LogP contribution is -1.93. The summed E-state index contributed by atoms with van der Waals surface area (Å²) >= 11 is 3.46. The van der Waals surface area contributed by atoms with Gasteiger partial charge in [-0.1, -0.05) is 6.07 Å². The Kier molecular flexibility index (Phi) is 3.97. The maximum atomic E-state index is 14.0. The lowest BCUT2D eigenvalue weighted by Gasteiger charge is -2.08. The van der Waals surface area contributed by atoms with E-state index in [1.807, 2.05) is 12.1 Å². The third-order valence-electron chi connectivity index (χ3n) is 3.81. The third kappa shape index (κ3) is 3.00. The minimum absolute atomic E-state index is 0.325. The number of halogens is 3. The summed E-state index contributed by atoms with van der Waals surface area (Å²) < 4.78 is 27.7. The number of fused-ring (bicyclic) bond motifs is 1. The average Bonchev–Trinajstić information content (AvgIpc) is 2.62. The quantitative estimate of drug-likeness (QED) is 0.425. The molecular formula is C19H10BrF2N3. The maximum Gasteiger partial charge on any atom is 0.162 e. The van der Waals surface area contributed by atoms with E-state index in [-0.39, 0.29) is 0 Å². The van der Waals surface area contributed by atoms with Crippen molar-refractivity contribution in [3.8, 4) is 22.5 Å². The van der Waals surface area contributed by atoms with E-state index < -0.39 is 11.6 Å². The normalized spacial score (nSPS) is 11.0. The number of nitrogens with zero attached hydrogens (tertiary/aromatic N) is 3. The zero-order valence-electron chi connectivity index (χ0n) is 12.7. The Labute approximate surface area is 150 Å². The van der Waals surface area contributed by atoms with Crippen LogP contribution in [0, 0.1) is 11.6 Å². The standard InChI is InChI=1S/C19H10BrF2N3/c20-18-15-8-11(14-5-4-13(21)9-16(14)22)3-6-17(15)24-19(25-18)12-2-1-7-23-10-12/h1-10H. The van der Waals surface area contributed by atoms with Crippen LogP contribution in [0.5, 0.6) is 0 Å². The molecule has 0 spiro atoms. The van der Waals surface area contributed by atoms with Gasteiger partial charge in [0.25, 0.3) is 0 Å². The molecular weight excluding hydrogens is 388 g/mol. The molecule has 0 saturated carbocycles. The summed E-state index contributed by atoms with van der Waals surface area (Å²) in [7, 11) is 0. The second-order valence-corrected chi connectivity index (χ2v) is 6.19. The molecule has 0 unspecified atom stereocenters. The highest BCUT2D eigenvalue weighted by Crippen LogP contribution is 2.30. The highest BCUT2D eigenvalue weighted by Gasteiger charge is 2.11. The first-order chi connectivity index (χ1) is 12.1. The second kappa shape index (κ2) is 6.29. The minimum Gasteiger partial charge on any atom is -0.264 e. The van der Waals surface area contributed by atoms with Crippen LogP contribution in [0.2, 0.25) is 0 Å². The van der Waals surface area contributed by atoms with Gasteiger partial charge in [-0.3, -0.25) is 4.98 Å². The van der Waals surface area contributed by atoms with Crippen LogP contribution in [-0.4, -0.2) is 15.0 Å². The summed E-state index contributed by atoms with van der Waals surface area (Å²) in [6.45, 7) is 0. The lowest BCUT2D eigenvalue weighted by molar-refractivity contribution is 0.585. The van der Waals surface area contributed by atoms with Gasteiger partial charge in [0.2, 0.25) is 0 Å². The molecule has 4 rings (SSSR count). The van der Waals surface area contributed by atoms with Crippen LogP contribution in [0.25, 0.3) is 33.4 Å². The minimum atomic E-state index is -0.608. The van der Waals surface area contributed by atoms with Crippen molar-refractivity contribution in [1.82, 2.24) is 15.0 Å². The van der Waals surface area contributed by atoms with Gasteiger partial charge in [-0.05, 0) is 57.9 Å². The fourth-order valence-electron chi connectivity index (χ4n) is 2.61. The first-order valence-corrected chi connectivity index (χ1v) is 8.24. The van der Waals surface area contributed by atoms with Crippen molar-refractivity contribution in [3.63, 3.8) is 0 Å². The van der Waals surface area contributed by atoms with E-state index in [1.54, 1.807) is 30.6 Å². The van der Waals surface area contributed by atoms with Crippen molar-refractivity contribution in [3.05, 3.63) is 77.2 Å². The molecule has 0 amide bonds. The molecule has 0 bridgehead atoms. The summed E-state index contributed by atoms with van der Waals surface area (Å²) in [5.41, 5.74) is 2.47. The Balaban J connectivity index is 1.86. The van der Waals surface area contributed by atoms with Gasteiger partial charge in [-0.25, -0.2) is 18.7 Å². The van der Waals surface area contributed by atoms with Gasteiger partial charge in [0, 0.05) is 35.0 Å². The molecule has 3 nitrogen and oxygen atoms in total. The van der Waals surface area contributed by atoms with Crippen LogP contribution in [0.3, 0.4) is 0 Å². The van der Waals surface area contributed by atoms with Crippen LogP contribution in [0.1, 0.15) is 0 Å². The highest BCUT2D eigenvalue weighted by molar-refractivity contribution is 9.10. The molecule has 25 heavy (non-hydrogen) atoms. The largest absolute Gasteiger partial charge is 0.264 e. The lowest BCUT2D eigenvalue weighted by atomic mass is 10.0. The van der Waals surface area contributed by atoms with Gasteiger partial charge in [0.1, 0.15) is 16.2 Å².